The van der Waals surface area contributed by atoms with Crippen LogP contribution in [-0.2, 0) is 4.74 Å². The highest BCUT2D eigenvalue weighted by Gasteiger charge is 2.43. The largest absolute Gasteiger partial charge is 0.394 e. The molecule has 1 aromatic heterocycles. The predicted molar refractivity (Wildman–Crippen MR) is 96.7 cm³/mol. The third-order valence-electron chi connectivity index (χ3n) is 4.45. The van der Waals surface area contributed by atoms with Crippen LogP contribution in [0.1, 0.15) is 12.5 Å². The number of hydrogen-bond acceptors (Lipinski definition) is 7. The summed E-state index contributed by atoms with van der Waals surface area (Å²) in [7, 11) is 0. The summed E-state index contributed by atoms with van der Waals surface area (Å²) in [5.41, 5.74) is 1.64. The lowest BCUT2D eigenvalue weighted by Crippen LogP contribution is -2.61. The van der Waals surface area contributed by atoms with Crippen LogP contribution in [0.15, 0.2) is 35.1 Å². The zero-order valence-electron chi connectivity index (χ0n) is 14.2. The van der Waals surface area contributed by atoms with Gasteiger partial charge in [0.1, 0.15) is 24.4 Å². The first kappa shape index (κ1) is 18.6. The molecule has 140 valence electrons. The Labute approximate surface area is 149 Å². The first-order chi connectivity index (χ1) is 12.4. The van der Waals surface area contributed by atoms with Crippen molar-refractivity contribution in [1.82, 2.24) is 4.98 Å². The summed E-state index contributed by atoms with van der Waals surface area (Å²) in [4.78, 5) is 14.6. The van der Waals surface area contributed by atoms with Gasteiger partial charge in [-0.2, -0.15) is 0 Å². The zero-order valence-corrected chi connectivity index (χ0v) is 14.2. The number of nitrogens with one attached hydrogen (secondary N) is 2. The predicted octanol–water partition coefficient (Wildman–Crippen LogP) is -0.227. The highest BCUT2D eigenvalue weighted by Crippen LogP contribution is 2.25. The fourth-order valence-electron chi connectivity index (χ4n) is 3.14. The molecule has 1 aromatic carbocycles. The SMILES string of the molecule is C/C=C/c1cc(=O)[nH]c2cc(N[C@@H]3C(O)OC(CO)[C@@H](O)C3O)ccc12. The van der Waals surface area contributed by atoms with E-state index >= 15 is 0 Å². The van der Waals surface area contributed by atoms with Crippen LogP contribution in [-0.4, -0.2) is 62.7 Å². The van der Waals surface area contributed by atoms with Crippen LogP contribution < -0.4 is 10.9 Å². The number of aliphatic hydroxyl groups excluding tert-OH is 4. The van der Waals surface area contributed by atoms with Crippen LogP contribution >= 0.6 is 0 Å². The van der Waals surface area contributed by atoms with Crippen LogP contribution in [0.3, 0.4) is 0 Å². The molecule has 2 heterocycles. The molecule has 1 aliphatic heterocycles. The van der Waals surface area contributed by atoms with Gasteiger partial charge in [0.05, 0.1) is 12.1 Å². The van der Waals surface area contributed by atoms with Crippen LogP contribution in [0.5, 0.6) is 0 Å². The van der Waals surface area contributed by atoms with E-state index in [1.807, 2.05) is 19.1 Å². The molecule has 3 rings (SSSR count). The van der Waals surface area contributed by atoms with Gasteiger partial charge >= 0.3 is 0 Å². The Kier molecular flexibility index (Phi) is 5.40. The molecule has 8 heteroatoms. The quantitative estimate of drug-likeness (QED) is 0.442. The van der Waals surface area contributed by atoms with Gasteiger partial charge in [-0.05, 0) is 24.6 Å². The van der Waals surface area contributed by atoms with Crippen molar-refractivity contribution >= 4 is 22.7 Å². The minimum Gasteiger partial charge on any atom is -0.394 e. The second-order valence-electron chi connectivity index (χ2n) is 6.25. The first-order valence-corrected chi connectivity index (χ1v) is 8.31. The van der Waals surface area contributed by atoms with Crippen molar-refractivity contribution in [2.75, 3.05) is 11.9 Å². The smallest absolute Gasteiger partial charge is 0.249 e. The third-order valence-corrected chi connectivity index (χ3v) is 4.45. The second kappa shape index (κ2) is 7.56. The van der Waals surface area contributed by atoms with Gasteiger partial charge < -0.3 is 35.5 Å². The summed E-state index contributed by atoms with van der Waals surface area (Å²) in [5.74, 6) is 0. The summed E-state index contributed by atoms with van der Waals surface area (Å²) >= 11 is 0. The normalized spacial score (nSPS) is 29.3. The van der Waals surface area contributed by atoms with Crippen molar-refractivity contribution in [2.45, 2.75) is 37.6 Å². The maximum atomic E-state index is 11.8. The number of ether oxygens (including phenoxy) is 1. The number of aromatic nitrogens is 1. The van der Waals surface area contributed by atoms with Crippen molar-refractivity contribution in [2.24, 2.45) is 0 Å². The molecule has 0 radical (unpaired) electrons. The summed E-state index contributed by atoms with van der Waals surface area (Å²) < 4.78 is 5.13. The van der Waals surface area contributed by atoms with Crippen molar-refractivity contribution in [3.8, 4) is 0 Å². The Morgan fingerprint density at radius 2 is 2.00 bits per heavy atom. The molecule has 0 saturated carbocycles. The lowest BCUT2D eigenvalue weighted by molar-refractivity contribution is -0.245. The molecular weight excluding hydrogens is 340 g/mol. The van der Waals surface area contributed by atoms with Crippen molar-refractivity contribution in [3.05, 3.63) is 46.3 Å². The van der Waals surface area contributed by atoms with E-state index in [9.17, 15) is 20.1 Å². The number of allylic oxidation sites excluding steroid dienone is 1. The molecule has 0 spiro atoms. The molecule has 6 N–H and O–H groups in total. The van der Waals surface area contributed by atoms with Gasteiger partial charge in [0, 0.05) is 17.1 Å². The Hall–Kier alpha value is -2.23. The molecule has 2 aromatic rings. The molecule has 0 bridgehead atoms. The van der Waals surface area contributed by atoms with Crippen LogP contribution in [0.25, 0.3) is 17.0 Å². The van der Waals surface area contributed by atoms with Crippen molar-refractivity contribution in [3.63, 3.8) is 0 Å². The number of pyridine rings is 1. The lowest BCUT2D eigenvalue weighted by Gasteiger charge is -2.40. The Morgan fingerprint density at radius 1 is 1.23 bits per heavy atom. The Morgan fingerprint density at radius 3 is 2.69 bits per heavy atom. The average molecular weight is 362 g/mol. The monoisotopic (exact) mass is 362 g/mol. The van der Waals surface area contributed by atoms with Gasteiger partial charge in [-0.3, -0.25) is 4.79 Å². The maximum Gasteiger partial charge on any atom is 0.249 e. The van der Waals surface area contributed by atoms with Crippen LogP contribution in [0, 0.1) is 0 Å². The summed E-state index contributed by atoms with van der Waals surface area (Å²) in [5, 5.41) is 43.1. The highest BCUT2D eigenvalue weighted by atomic mass is 16.6. The van der Waals surface area contributed by atoms with Gasteiger partial charge in [-0.15, -0.1) is 0 Å². The molecule has 3 unspecified atom stereocenters. The molecule has 0 amide bonds. The number of anilines is 1. The average Bonchev–Trinajstić information content (AvgIpc) is 2.61. The van der Waals surface area contributed by atoms with E-state index in [0.717, 1.165) is 10.9 Å². The number of H-pyrrole nitrogens is 1. The van der Waals surface area contributed by atoms with Gasteiger partial charge in [0.15, 0.2) is 6.29 Å². The van der Waals surface area contributed by atoms with Gasteiger partial charge in [0.2, 0.25) is 5.56 Å². The molecule has 0 aliphatic carbocycles. The van der Waals surface area contributed by atoms with Crippen LogP contribution in [0.4, 0.5) is 5.69 Å². The summed E-state index contributed by atoms with van der Waals surface area (Å²) in [6, 6.07) is 5.71. The summed E-state index contributed by atoms with van der Waals surface area (Å²) in [6.07, 6.45) is -1.50. The number of aliphatic hydroxyl groups is 4. The highest BCUT2D eigenvalue weighted by molar-refractivity contribution is 5.89. The van der Waals surface area contributed by atoms with E-state index in [-0.39, 0.29) is 5.56 Å². The number of fused-ring (bicyclic) bond motifs is 1. The Balaban J connectivity index is 1.90. The topological polar surface area (TPSA) is 135 Å². The summed E-state index contributed by atoms with van der Waals surface area (Å²) in [6.45, 7) is 1.34. The molecular formula is C18H22N2O6. The fraction of sp³-hybridized carbons (Fsp3) is 0.389. The number of hydrogen-bond donors (Lipinski definition) is 6. The molecule has 26 heavy (non-hydrogen) atoms. The van der Waals surface area contributed by atoms with E-state index in [2.05, 4.69) is 10.3 Å². The van der Waals surface area contributed by atoms with Crippen LogP contribution in [0.2, 0.25) is 0 Å². The van der Waals surface area contributed by atoms with E-state index in [4.69, 9.17) is 9.84 Å². The zero-order chi connectivity index (χ0) is 18.8. The van der Waals surface area contributed by atoms with Gasteiger partial charge in [-0.25, -0.2) is 0 Å². The van der Waals surface area contributed by atoms with E-state index in [1.54, 1.807) is 18.2 Å². The molecule has 8 nitrogen and oxygen atoms in total. The molecule has 1 aliphatic rings. The number of aromatic amines is 1. The van der Waals surface area contributed by atoms with Crippen molar-refractivity contribution in [1.29, 1.82) is 0 Å². The number of rotatable bonds is 4. The second-order valence-corrected chi connectivity index (χ2v) is 6.25. The number of benzene rings is 1. The fourth-order valence-corrected chi connectivity index (χ4v) is 3.14. The van der Waals surface area contributed by atoms with E-state index in [1.165, 1.54) is 6.07 Å². The molecule has 1 fully saturated rings. The lowest BCUT2D eigenvalue weighted by atomic mass is 9.96. The molecule has 1 saturated heterocycles. The van der Waals surface area contributed by atoms with E-state index in [0.29, 0.717) is 11.2 Å². The van der Waals surface area contributed by atoms with Crippen molar-refractivity contribution < 1.29 is 25.2 Å². The minimum absolute atomic E-state index is 0.245. The molecule has 5 atom stereocenters. The first-order valence-electron chi connectivity index (χ1n) is 8.31. The van der Waals surface area contributed by atoms with Gasteiger partial charge in [-0.1, -0.05) is 18.2 Å². The third kappa shape index (κ3) is 3.50. The van der Waals surface area contributed by atoms with Gasteiger partial charge in [0.25, 0.3) is 0 Å². The maximum absolute atomic E-state index is 11.8. The van der Waals surface area contributed by atoms with E-state index < -0.39 is 37.3 Å². The minimum atomic E-state index is -1.42. The standard InChI is InChI=1S/C18H22N2O6/c1-2-3-9-6-14(22)20-12-7-10(4-5-11(9)12)19-15-17(24)16(23)13(8-21)26-18(15)25/h2-7,13,15-19,21,23-25H,8H2,1H3,(H,20,22)/b3-2+/t13?,15-,16+,17?,18?/m0/s1. The Bertz CT molecular complexity index is 864.